The molecule has 0 aliphatic carbocycles. The Balaban J connectivity index is 2.50. The number of aliphatic carboxylic acids is 1. The summed E-state index contributed by atoms with van der Waals surface area (Å²) in [5.74, 6) is -0.569. The average Bonchev–Trinajstić information content (AvgIpc) is 2.69. The molecule has 0 fully saturated rings. The van der Waals surface area contributed by atoms with Crippen LogP contribution in [0, 0.1) is 0 Å². The molecule has 0 saturated heterocycles. The highest BCUT2D eigenvalue weighted by Crippen LogP contribution is 2.22. The van der Waals surface area contributed by atoms with Crippen LogP contribution in [0.15, 0.2) is 6.33 Å². The first-order valence-corrected chi connectivity index (χ1v) is 5.44. The topological polar surface area (TPSA) is 119 Å². The quantitative estimate of drug-likeness (QED) is 0.722. The molecule has 0 bridgehead atoms. The summed E-state index contributed by atoms with van der Waals surface area (Å²) in [6.07, 6.45) is 1.63. The zero-order valence-electron chi connectivity index (χ0n) is 10.1. The van der Waals surface area contributed by atoms with Gasteiger partial charge in [-0.05, 0) is 13.8 Å². The Morgan fingerprint density at radius 3 is 2.89 bits per heavy atom. The molecule has 2 heterocycles. The van der Waals surface area contributed by atoms with Crippen molar-refractivity contribution in [3.63, 3.8) is 0 Å². The number of fused-ring (bicyclic) bond motifs is 1. The Labute approximate surface area is 103 Å². The number of nitrogens with zero attached hydrogens (tertiary/aromatic N) is 4. The van der Waals surface area contributed by atoms with Gasteiger partial charge in [-0.2, -0.15) is 9.97 Å². The van der Waals surface area contributed by atoms with Crippen LogP contribution >= 0.6 is 0 Å². The van der Waals surface area contributed by atoms with E-state index in [9.17, 15) is 4.79 Å². The number of nitrogen functional groups attached to an aromatic ring is 1. The van der Waals surface area contributed by atoms with Gasteiger partial charge in [0.25, 0.3) is 0 Å². The molecule has 18 heavy (non-hydrogen) atoms. The Bertz CT molecular complexity index is 591. The second-order valence-electron chi connectivity index (χ2n) is 4.10. The number of rotatable bonds is 4. The van der Waals surface area contributed by atoms with Crippen LogP contribution in [-0.2, 0) is 4.79 Å². The van der Waals surface area contributed by atoms with Crippen molar-refractivity contribution >= 4 is 28.9 Å². The van der Waals surface area contributed by atoms with E-state index in [1.807, 2.05) is 18.4 Å². The summed E-state index contributed by atoms with van der Waals surface area (Å²) in [6.45, 7) is 3.73. The highest BCUT2D eigenvalue weighted by atomic mass is 16.4. The van der Waals surface area contributed by atoms with Crippen LogP contribution < -0.4 is 11.1 Å². The molecule has 0 aromatic carbocycles. The van der Waals surface area contributed by atoms with Crippen molar-refractivity contribution in [2.24, 2.45) is 0 Å². The average molecular weight is 250 g/mol. The first-order chi connectivity index (χ1) is 8.49. The zero-order valence-corrected chi connectivity index (χ0v) is 10.1. The van der Waals surface area contributed by atoms with E-state index in [-0.39, 0.29) is 18.5 Å². The molecular weight excluding hydrogens is 236 g/mol. The van der Waals surface area contributed by atoms with E-state index in [4.69, 9.17) is 10.8 Å². The largest absolute Gasteiger partial charge is 0.480 e. The molecule has 0 amide bonds. The lowest BCUT2D eigenvalue weighted by atomic mass is 10.4. The predicted octanol–water partition coefficient (Wildman–Crippen LogP) is 0.486. The fourth-order valence-electron chi connectivity index (χ4n) is 1.59. The number of imidazole rings is 1. The number of anilines is 2. The third kappa shape index (κ3) is 2.17. The lowest BCUT2D eigenvalue weighted by Gasteiger charge is -2.08. The third-order valence-electron chi connectivity index (χ3n) is 2.40. The molecule has 0 spiro atoms. The van der Waals surface area contributed by atoms with Crippen LogP contribution in [0.4, 0.5) is 11.8 Å². The van der Waals surface area contributed by atoms with Crippen LogP contribution in [0.5, 0.6) is 0 Å². The maximum Gasteiger partial charge on any atom is 0.322 e. The molecular formula is C10H14N6O2. The van der Waals surface area contributed by atoms with Gasteiger partial charge >= 0.3 is 5.97 Å². The van der Waals surface area contributed by atoms with Crippen molar-refractivity contribution in [3.05, 3.63) is 6.33 Å². The number of aromatic nitrogens is 4. The number of hydrogen-bond acceptors (Lipinski definition) is 6. The maximum absolute atomic E-state index is 10.5. The summed E-state index contributed by atoms with van der Waals surface area (Å²) in [4.78, 5) is 22.8. The first kappa shape index (κ1) is 12.1. The van der Waals surface area contributed by atoms with Crippen LogP contribution in [0.1, 0.15) is 19.9 Å². The summed E-state index contributed by atoms with van der Waals surface area (Å²) in [5.41, 5.74) is 6.71. The van der Waals surface area contributed by atoms with Gasteiger partial charge in [0.2, 0.25) is 5.95 Å². The summed E-state index contributed by atoms with van der Waals surface area (Å²) in [7, 11) is 0. The predicted molar refractivity (Wildman–Crippen MR) is 66.2 cm³/mol. The molecule has 8 nitrogen and oxygen atoms in total. The van der Waals surface area contributed by atoms with Crippen LogP contribution in [0.2, 0.25) is 0 Å². The first-order valence-electron chi connectivity index (χ1n) is 5.44. The minimum absolute atomic E-state index is 0.0813. The van der Waals surface area contributed by atoms with E-state index in [1.165, 1.54) is 0 Å². The van der Waals surface area contributed by atoms with Gasteiger partial charge in [0.05, 0.1) is 6.33 Å². The van der Waals surface area contributed by atoms with Gasteiger partial charge in [-0.25, -0.2) is 4.98 Å². The molecule has 0 saturated carbocycles. The molecule has 4 N–H and O–H groups in total. The lowest BCUT2D eigenvalue weighted by Crippen LogP contribution is -2.14. The fourth-order valence-corrected chi connectivity index (χ4v) is 1.59. The molecule has 8 heteroatoms. The molecule has 0 radical (unpaired) electrons. The van der Waals surface area contributed by atoms with Gasteiger partial charge in [0.15, 0.2) is 17.0 Å². The van der Waals surface area contributed by atoms with E-state index in [0.717, 1.165) is 0 Å². The van der Waals surface area contributed by atoms with Crippen molar-refractivity contribution in [2.75, 3.05) is 17.6 Å². The lowest BCUT2D eigenvalue weighted by molar-refractivity contribution is -0.134. The van der Waals surface area contributed by atoms with Gasteiger partial charge in [-0.3, -0.25) is 4.79 Å². The van der Waals surface area contributed by atoms with Gasteiger partial charge < -0.3 is 20.7 Å². The number of nitrogens with one attached hydrogen (secondary N) is 1. The second kappa shape index (κ2) is 4.47. The van der Waals surface area contributed by atoms with Crippen molar-refractivity contribution in [2.45, 2.75) is 19.9 Å². The number of hydrogen-bond donors (Lipinski definition) is 3. The Morgan fingerprint density at radius 1 is 1.56 bits per heavy atom. The van der Waals surface area contributed by atoms with E-state index < -0.39 is 5.97 Å². The Hall–Kier alpha value is -2.38. The molecule has 2 rings (SSSR count). The van der Waals surface area contributed by atoms with E-state index in [2.05, 4.69) is 20.3 Å². The van der Waals surface area contributed by atoms with E-state index in [0.29, 0.717) is 17.0 Å². The van der Waals surface area contributed by atoms with Crippen molar-refractivity contribution in [3.8, 4) is 0 Å². The number of nitrogens with two attached hydrogens (primary N) is 1. The van der Waals surface area contributed by atoms with Gasteiger partial charge in [0, 0.05) is 6.04 Å². The van der Waals surface area contributed by atoms with Gasteiger partial charge in [0.1, 0.15) is 6.54 Å². The smallest absolute Gasteiger partial charge is 0.322 e. The number of carboxylic acids is 1. The molecule has 0 aliphatic heterocycles. The maximum atomic E-state index is 10.5. The molecule has 2 aromatic heterocycles. The summed E-state index contributed by atoms with van der Waals surface area (Å²) >= 11 is 0. The number of carbonyl (C=O) groups is 1. The fraction of sp³-hybridized carbons (Fsp3) is 0.400. The zero-order chi connectivity index (χ0) is 13.3. The molecule has 0 aliphatic rings. The Kier molecular flexibility index (Phi) is 3.00. The second-order valence-corrected chi connectivity index (χ2v) is 4.10. The molecule has 0 atom stereocenters. The minimum atomic E-state index is -0.983. The van der Waals surface area contributed by atoms with Gasteiger partial charge in [-0.15, -0.1) is 0 Å². The highest BCUT2D eigenvalue weighted by molar-refractivity contribution is 5.86. The third-order valence-corrected chi connectivity index (χ3v) is 2.40. The van der Waals surface area contributed by atoms with E-state index >= 15 is 0 Å². The minimum Gasteiger partial charge on any atom is -0.480 e. The van der Waals surface area contributed by atoms with Gasteiger partial charge in [-0.1, -0.05) is 0 Å². The van der Waals surface area contributed by atoms with E-state index in [1.54, 1.807) is 6.33 Å². The highest BCUT2D eigenvalue weighted by Gasteiger charge is 2.14. The summed E-state index contributed by atoms with van der Waals surface area (Å²) in [6, 6.07) is 0.177. The van der Waals surface area contributed by atoms with Crippen LogP contribution in [0.3, 0.4) is 0 Å². The van der Waals surface area contributed by atoms with Crippen molar-refractivity contribution < 1.29 is 9.90 Å². The van der Waals surface area contributed by atoms with Crippen molar-refractivity contribution in [1.29, 1.82) is 0 Å². The molecule has 0 unspecified atom stereocenters. The van der Waals surface area contributed by atoms with Crippen LogP contribution in [-0.4, -0.2) is 37.1 Å². The Morgan fingerprint density at radius 2 is 2.28 bits per heavy atom. The molecule has 2 aromatic rings. The normalized spacial score (nSPS) is 11.1. The molecule has 96 valence electrons. The SMILES string of the molecule is CC(C)n1cnc2c(NCC(=O)O)nc(N)nc21. The monoisotopic (exact) mass is 250 g/mol. The summed E-state index contributed by atoms with van der Waals surface area (Å²) in [5, 5.41) is 11.3. The number of carboxylic acid groups (broad SMARTS) is 1. The van der Waals surface area contributed by atoms with Crippen LogP contribution in [0.25, 0.3) is 11.2 Å². The van der Waals surface area contributed by atoms with Crippen molar-refractivity contribution in [1.82, 2.24) is 19.5 Å². The standard InChI is InChI=1S/C10H14N6O2/c1-5(2)16-4-13-7-8(12-3-6(17)18)14-10(11)15-9(7)16/h4-5H,3H2,1-2H3,(H,17,18)(H3,11,12,14,15). The summed E-state index contributed by atoms with van der Waals surface area (Å²) < 4.78 is 1.85.